The second-order valence-electron chi connectivity index (χ2n) is 4.19. The first-order valence-corrected chi connectivity index (χ1v) is 9.45. The zero-order valence-corrected chi connectivity index (χ0v) is 16.2. The third-order valence-corrected chi connectivity index (χ3v) is 6.25. The Kier molecular flexibility index (Phi) is 7.72. The first-order valence-electron chi connectivity index (χ1n) is 6.01. The molecule has 0 fully saturated rings. The number of rotatable bonds is 8. The van der Waals surface area contributed by atoms with Crippen molar-refractivity contribution in [3.8, 4) is 0 Å². The van der Waals surface area contributed by atoms with E-state index in [1.54, 1.807) is 18.2 Å². The molecule has 1 aromatic carbocycles. The normalized spacial score (nSPS) is 11.8. The first-order chi connectivity index (χ1) is 9.78. The van der Waals surface area contributed by atoms with Crippen molar-refractivity contribution in [2.45, 2.75) is 11.3 Å². The maximum absolute atomic E-state index is 12.8. The molecular formula is C12H16Br2N2O3S2. The maximum Gasteiger partial charge on any atom is 0.244 e. The fourth-order valence-corrected chi connectivity index (χ4v) is 4.57. The van der Waals surface area contributed by atoms with Crippen LogP contribution in [0.3, 0.4) is 0 Å². The Bertz CT molecular complexity index is 609. The highest BCUT2D eigenvalue weighted by Gasteiger charge is 2.26. The molecule has 1 aromatic rings. The van der Waals surface area contributed by atoms with E-state index in [4.69, 9.17) is 22.7 Å². The SMILES string of the molecule is COCCN(CCC(N)=S)S(=O)(=O)c1cc(Br)ccc1Br. The highest BCUT2D eigenvalue weighted by Crippen LogP contribution is 2.28. The summed E-state index contributed by atoms with van der Waals surface area (Å²) in [6.45, 7) is 0.753. The van der Waals surface area contributed by atoms with Gasteiger partial charge in [0.1, 0.15) is 0 Å². The minimum atomic E-state index is -3.66. The zero-order valence-electron chi connectivity index (χ0n) is 11.4. The summed E-state index contributed by atoms with van der Waals surface area (Å²) >= 11 is 11.4. The van der Waals surface area contributed by atoms with Crippen LogP contribution in [-0.4, -0.2) is 44.5 Å². The van der Waals surface area contributed by atoms with Crippen LogP contribution < -0.4 is 5.73 Å². The number of sulfonamides is 1. The summed E-state index contributed by atoms with van der Waals surface area (Å²) in [5, 5.41) is 0. The Labute approximate surface area is 147 Å². The van der Waals surface area contributed by atoms with Crippen LogP contribution in [0.4, 0.5) is 0 Å². The molecule has 9 heteroatoms. The number of hydrogen-bond donors (Lipinski definition) is 1. The Morgan fingerprint density at radius 1 is 1.38 bits per heavy atom. The van der Waals surface area contributed by atoms with Gasteiger partial charge in [-0.3, -0.25) is 0 Å². The van der Waals surface area contributed by atoms with Gasteiger partial charge in [0.15, 0.2) is 0 Å². The molecule has 0 radical (unpaired) electrons. The molecule has 5 nitrogen and oxygen atoms in total. The largest absolute Gasteiger partial charge is 0.393 e. The monoisotopic (exact) mass is 458 g/mol. The summed E-state index contributed by atoms with van der Waals surface area (Å²) < 4.78 is 33.0. The Morgan fingerprint density at radius 3 is 2.62 bits per heavy atom. The molecule has 0 amide bonds. The lowest BCUT2D eigenvalue weighted by molar-refractivity contribution is 0.179. The molecule has 21 heavy (non-hydrogen) atoms. The molecule has 0 aliphatic heterocycles. The van der Waals surface area contributed by atoms with Crippen LogP contribution in [0.2, 0.25) is 0 Å². The lowest BCUT2D eigenvalue weighted by Crippen LogP contribution is -2.36. The maximum atomic E-state index is 12.8. The van der Waals surface area contributed by atoms with Crippen molar-refractivity contribution in [1.29, 1.82) is 0 Å². The van der Waals surface area contributed by atoms with E-state index in [-0.39, 0.29) is 23.0 Å². The van der Waals surface area contributed by atoms with E-state index in [1.165, 1.54) is 11.4 Å². The first kappa shape index (κ1) is 19.0. The second kappa shape index (κ2) is 8.54. The van der Waals surface area contributed by atoms with Gasteiger partial charge in [-0.1, -0.05) is 28.1 Å². The smallest absolute Gasteiger partial charge is 0.244 e. The van der Waals surface area contributed by atoms with Crippen molar-refractivity contribution < 1.29 is 13.2 Å². The Hall–Kier alpha value is -0.0600. The lowest BCUT2D eigenvalue weighted by Gasteiger charge is -2.22. The number of nitrogens with zero attached hydrogens (tertiary/aromatic N) is 1. The second-order valence-corrected chi connectivity index (χ2v) is 8.39. The predicted molar refractivity (Wildman–Crippen MR) is 93.9 cm³/mol. The molecule has 0 saturated heterocycles. The molecule has 0 aromatic heterocycles. The van der Waals surface area contributed by atoms with Gasteiger partial charge in [-0.2, -0.15) is 4.31 Å². The van der Waals surface area contributed by atoms with Crippen LogP contribution in [-0.2, 0) is 14.8 Å². The van der Waals surface area contributed by atoms with E-state index < -0.39 is 10.0 Å². The molecule has 0 bridgehead atoms. The number of methoxy groups -OCH3 is 1. The third-order valence-electron chi connectivity index (χ3n) is 2.66. The van der Waals surface area contributed by atoms with E-state index in [1.807, 2.05) is 0 Å². The summed E-state index contributed by atoms with van der Waals surface area (Å²) in [4.78, 5) is 0.469. The molecule has 2 N–H and O–H groups in total. The van der Waals surface area contributed by atoms with Gasteiger partial charge in [0.25, 0.3) is 0 Å². The third kappa shape index (κ3) is 5.57. The van der Waals surface area contributed by atoms with Crippen LogP contribution in [0.1, 0.15) is 6.42 Å². The number of benzene rings is 1. The number of halogens is 2. The molecule has 0 aliphatic carbocycles. The highest BCUT2D eigenvalue weighted by molar-refractivity contribution is 9.11. The van der Waals surface area contributed by atoms with Gasteiger partial charge >= 0.3 is 0 Å². The van der Waals surface area contributed by atoms with Gasteiger partial charge in [0.05, 0.1) is 16.5 Å². The van der Waals surface area contributed by atoms with Crippen LogP contribution in [0.25, 0.3) is 0 Å². The van der Waals surface area contributed by atoms with Gasteiger partial charge in [0.2, 0.25) is 10.0 Å². The summed E-state index contributed by atoms with van der Waals surface area (Å²) in [5.41, 5.74) is 5.47. The van der Waals surface area contributed by atoms with E-state index in [9.17, 15) is 8.42 Å². The predicted octanol–water partition coefficient (Wildman–Crippen LogP) is 2.52. The van der Waals surface area contributed by atoms with E-state index in [0.29, 0.717) is 22.0 Å². The summed E-state index contributed by atoms with van der Waals surface area (Å²) in [6, 6.07) is 5.00. The van der Waals surface area contributed by atoms with Crippen molar-refractivity contribution in [2.75, 3.05) is 26.8 Å². The minimum absolute atomic E-state index is 0.191. The topological polar surface area (TPSA) is 72.6 Å². The number of nitrogens with two attached hydrogens (primary N) is 1. The van der Waals surface area contributed by atoms with Crippen molar-refractivity contribution in [2.24, 2.45) is 5.73 Å². The molecule has 0 saturated carbocycles. The standard InChI is InChI=1S/C12H16Br2N2O3S2/c1-19-7-6-16(5-4-12(15)20)21(17,18)11-8-9(13)2-3-10(11)14/h2-3,8H,4-7H2,1H3,(H2,15,20). The molecule has 1 rings (SSSR count). The van der Waals surface area contributed by atoms with Crippen molar-refractivity contribution in [3.05, 3.63) is 27.1 Å². The lowest BCUT2D eigenvalue weighted by atomic mass is 10.4. The fourth-order valence-electron chi connectivity index (χ4n) is 1.59. The van der Waals surface area contributed by atoms with Gasteiger partial charge in [-0.05, 0) is 34.1 Å². The Balaban J connectivity index is 3.12. The quantitative estimate of drug-likeness (QED) is 0.604. The van der Waals surface area contributed by atoms with Gasteiger partial charge < -0.3 is 10.5 Å². The molecule has 0 unspecified atom stereocenters. The molecule has 0 spiro atoms. The van der Waals surface area contributed by atoms with E-state index in [0.717, 1.165) is 0 Å². The van der Waals surface area contributed by atoms with Crippen LogP contribution in [0.5, 0.6) is 0 Å². The van der Waals surface area contributed by atoms with Gasteiger partial charge in [-0.15, -0.1) is 0 Å². The number of hydrogen-bond acceptors (Lipinski definition) is 4. The Morgan fingerprint density at radius 2 is 2.05 bits per heavy atom. The number of thiocarbonyl (C=S) groups is 1. The van der Waals surface area contributed by atoms with Crippen LogP contribution in [0.15, 0.2) is 32.0 Å². The van der Waals surface area contributed by atoms with Crippen molar-refractivity contribution in [1.82, 2.24) is 4.31 Å². The highest BCUT2D eigenvalue weighted by atomic mass is 79.9. The van der Waals surface area contributed by atoms with Crippen molar-refractivity contribution >= 4 is 59.1 Å². The molecular weight excluding hydrogens is 444 g/mol. The molecule has 0 aliphatic rings. The average molecular weight is 460 g/mol. The molecule has 0 heterocycles. The van der Waals surface area contributed by atoms with E-state index >= 15 is 0 Å². The summed E-state index contributed by atoms with van der Waals surface area (Å²) in [6.07, 6.45) is 0.323. The minimum Gasteiger partial charge on any atom is -0.393 e. The van der Waals surface area contributed by atoms with Crippen molar-refractivity contribution in [3.63, 3.8) is 0 Å². The van der Waals surface area contributed by atoms with Crippen LogP contribution in [0, 0.1) is 0 Å². The average Bonchev–Trinajstić information content (AvgIpc) is 2.40. The number of ether oxygens (including phenoxy) is 1. The fraction of sp³-hybridized carbons (Fsp3) is 0.417. The van der Waals surface area contributed by atoms with E-state index in [2.05, 4.69) is 31.9 Å². The van der Waals surface area contributed by atoms with Gasteiger partial charge in [0, 0.05) is 35.6 Å². The zero-order chi connectivity index (χ0) is 16.0. The van der Waals surface area contributed by atoms with Gasteiger partial charge in [-0.25, -0.2) is 8.42 Å². The summed E-state index contributed by atoms with van der Waals surface area (Å²) in [7, 11) is -2.14. The summed E-state index contributed by atoms with van der Waals surface area (Å²) in [5.74, 6) is 0. The molecule has 0 atom stereocenters. The van der Waals surface area contributed by atoms with Crippen LogP contribution >= 0.6 is 44.1 Å². The molecule has 118 valence electrons.